The maximum atomic E-state index is 13.0. The highest BCUT2D eigenvalue weighted by molar-refractivity contribution is 7.92. The number of nitrogens with zero attached hydrogens (tertiary/aromatic N) is 1. The summed E-state index contributed by atoms with van der Waals surface area (Å²) in [5.41, 5.74) is 5.68. The number of anilines is 1. The molecule has 0 unspecified atom stereocenters. The summed E-state index contributed by atoms with van der Waals surface area (Å²) in [7, 11) is -3.94. The summed E-state index contributed by atoms with van der Waals surface area (Å²) in [5, 5.41) is 6.07. The first-order valence-electron chi connectivity index (χ1n) is 5.02. The van der Waals surface area contributed by atoms with E-state index in [-0.39, 0.29) is 21.3 Å². The van der Waals surface area contributed by atoms with E-state index >= 15 is 0 Å². The number of hydrogen-bond donors (Lipinski definition) is 3. The molecule has 0 bridgehead atoms. The zero-order valence-electron chi connectivity index (χ0n) is 9.42. The molecule has 2 aromatic rings. The second-order valence-electron chi connectivity index (χ2n) is 3.59. The molecule has 2 rings (SSSR count). The highest BCUT2D eigenvalue weighted by Crippen LogP contribution is 2.18. The smallest absolute Gasteiger partial charge is 0.263 e. The second-order valence-corrected chi connectivity index (χ2v) is 5.71. The van der Waals surface area contributed by atoms with Crippen molar-refractivity contribution in [2.24, 2.45) is 5.73 Å². The third kappa shape index (κ3) is 2.88. The summed E-state index contributed by atoms with van der Waals surface area (Å²) in [5.74, 6) is -0.612. The molecule has 0 aliphatic carbocycles. The normalized spacial score (nSPS) is 11.2. The molecule has 0 saturated heterocycles. The number of nitrogens with two attached hydrogens (primary N) is 1. The average molecular weight is 300 g/mol. The molecular formula is C10H9FN4O2S2. The first-order valence-corrected chi connectivity index (χ1v) is 6.91. The average Bonchev–Trinajstić information content (AvgIpc) is 2.76. The summed E-state index contributed by atoms with van der Waals surface area (Å²) in [6.45, 7) is 0. The topological polar surface area (TPSA) is 101 Å². The highest BCUT2D eigenvalue weighted by Gasteiger charge is 2.18. The number of thiocarbonyl (C=S) groups is 1. The van der Waals surface area contributed by atoms with E-state index in [1.165, 1.54) is 18.3 Å². The van der Waals surface area contributed by atoms with Crippen molar-refractivity contribution in [2.75, 3.05) is 4.72 Å². The van der Waals surface area contributed by atoms with Crippen LogP contribution < -0.4 is 10.5 Å². The van der Waals surface area contributed by atoms with Crippen molar-refractivity contribution in [3.8, 4) is 0 Å². The number of nitrogens with one attached hydrogen (secondary N) is 2. The molecule has 1 aromatic heterocycles. The lowest BCUT2D eigenvalue weighted by atomic mass is 10.3. The zero-order chi connectivity index (χ0) is 14.0. The van der Waals surface area contributed by atoms with Gasteiger partial charge in [-0.1, -0.05) is 18.3 Å². The van der Waals surface area contributed by atoms with Crippen molar-refractivity contribution in [2.45, 2.75) is 4.90 Å². The lowest BCUT2D eigenvalue weighted by Crippen LogP contribution is -2.17. The number of H-pyrrole nitrogens is 1. The number of hydrogen-bond acceptors (Lipinski definition) is 4. The first-order chi connectivity index (χ1) is 8.90. The van der Waals surface area contributed by atoms with Gasteiger partial charge in [0.05, 0.1) is 16.7 Å². The van der Waals surface area contributed by atoms with Crippen molar-refractivity contribution in [3.63, 3.8) is 0 Å². The molecule has 0 spiro atoms. The molecule has 1 aromatic carbocycles. The molecule has 100 valence electrons. The largest absolute Gasteiger partial charge is 0.389 e. The summed E-state index contributed by atoms with van der Waals surface area (Å²) in [6, 6.07) is 4.61. The van der Waals surface area contributed by atoms with Gasteiger partial charge in [-0.3, -0.25) is 9.82 Å². The van der Waals surface area contributed by atoms with Gasteiger partial charge < -0.3 is 5.73 Å². The molecule has 0 amide bonds. The molecule has 19 heavy (non-hydrogen) atoms. The van der Waals surface area contributed by atoms with Gasteiger partial charge in [0, 0.05) is 0 Å². The predicted octanol–water partition coefficient (Wildman–Crippen LogP) is 0.984. The molecular weight excluding hydrogens is 291 g/mol. The SMILES string of the molecule is NC(=S)c1cn[nH]c1NS(=O)(=O)c1cccc(F)c1. The molecule has 4 N–H and O–H groups in total. The Morgan fingerprint density at radius 2 is 2.21 bits per heavy atom. The molecule has 0 radical (unpaired) electrons. The van der Waals surface area contributed by atoms with Crippen molar-refractivity contribution in [3.05, 3.63) is 41.8 Å². The van der Waals surface area contributed by atoms with Crippen LogP contribution in [0.4, 0.5) is 10.2 Å². The Labute approximate surface area is 113 Å². The van der Waals surface area contributed by atoms with Crippen LogP contribution in [0, 0.1) is 5.82 Å². The summed E-state index contributed by atoms with van der Waals surface area (Å²) >= 11 is 4.75. The zero-order valence-corrected chi connectivity index (χ0v) is 11.1. The number of rotatable bonds is 4. The van der Waals surface area contributed by atoms with Crippen LogP contribution in [0.5, 0.6) is 0 Å². The summed E-state index contributed by atoms with van der Waals surface area (Å²) < 4.78 is 39.3. The van der Waals surface area contributed by atoms with E-state index in [2.05, 4.69) is 14.9 Å². The van der Waals surface area contributed by atoms with E-state index in [1.54, 1.807) is 0 Å². The van der Waals surface area contributed by atoms with Gasteiger partial charge in [0.15, 0.2) is 0 Å². The van der Waals surface area contributed by atoms with E-state index in [1.807, 2.05) is 0 Å². The summed E-state index contributed by atoms with van der Waals surface area (Å²) in [4.78, 5) is -0.221. The van der Waals surface area contributed by atoms with Crippen molar-refractivity contribution >= 4 is 33.0 Å². The third-order valence-corrected chi connectivity index (χ3v) is 3.81. The Bertz CT molecular complexity index is 727. The van der Waals surface area contributed by atoms with Gasteiger partial charge in [0.2, 0.25) is 0 Å². The van der Waals surface area contributed by atoms with Gasteiger partial charge in [0.25, 0.3) is 10.0 Å². The summed E-state index contributed by atoms with van der Waals surface area (Å²) in [6.07, 6.45) is 1.30. The van der Waals surface area contributed by atoms with Gasteiger partial charge in [-0.15, -0.1) is 0 Å². The molecule has 6 nitrogen and oxygen atoms in total. The van der Waals surface area contributed by atoms with Crippen LogP contribution in [0.25, 0.3) is 0 Å². The molecule has 0 fully saturated rings. The van der Waals surface area contributed by atoms with Gasteiger partial charge in [-0.05, 0) is 18.2 Å². The minimum atomic E-state index is -3.94. The van der Waals surface area contributed by atoms with Gasteiger partial charge in [-0.25, -0.2) is 12.8 Å². The molecule has 0 saturated carbocycles. The van der Waals surface area contributed by atoms with E-state index in [0.717, 1.165) is 12.1 Å². The van der Waals surface area contributed by atoms with E-state index in [4.69, 9.17) is 18.0 Å². The Kier molecular flexibility index (Phi) is 3.49. The van der Waals surface area contributed by atoms with E-state index in [9.17, 15) is 12.8 Å². The Hall–Kier alpha value is -2.00. The van der Waals surface area contributed by atoms with Crippen LogP contribution in [-0.4, -0.2) is 23.6 Å². The van der Waals surface area contributed by atoms with E-state index in [0.29, 0.717) is 0 Å². The molecule has 0 aliphatic heterocycles. The van der Waals surface area contributed by atoms with Crippen LogP contribution >= 0.6 is 12.2 Å². The second kappa shape index (κ2) is 4.94. The van der Waals surface area contributed by atoms with Crippen molar-refractivity contribution in [1.82, 2.24) is 10.2 Å². The van der Waals surface area contributed by atoms with Crippen LogP contribution in [0.2, 0.25) is 0 Å². The van der Waals surface area contributed by atoms with Gasteiger partial charge in [0.1, 0.15) is 16.6 Å². The Morgan fingerprint density at radius 1 is 1.47 bits per heavy atom. The standard InChI is InChI=1S/C10H9FN4O2S2/c11-6-2-1-3-7(4-6)19(16,17)15-10-8(9(12)18)5-13-14-10/h1-5H,(H2,12,18)(H2,13,14,15). The van der Waals surface area contributed by atoms with Crippen LogP contribution in [-0.2, 0) is 10.0 Å². The molecule has 9 heteroatoms. The molecule has 0 atom stereocenters. The fraction of sp³-hybridized carbons (Fsp3) is 0. The Morgan fingerprint density at radius 3 is 2.84 bits per heavy atom. The predicted molar refractivity (Wildman–Crippen MR) is 71.7 cm³/mol. The van der Waals surface area contributed by atoms with Crippen LogP contribution in [0.15, 0.2) is 35.4 Å². The number of aromatic nitrogens is 2. The third-order valence-electron chi connectivity index (χ3n) is 2.25. The fourth-order valence-corrected chi connectivity index (χ4v) is 2.60. The lowest BCUT2D eigenvalue weighted by molar-refractivity contribution is 0.595. The monoisotopic (exact) mass is 300 g/mol. The highest BCUT2D eigenvalue weighted by atomic mass is 32.2. The van der Waals surface area contributed by atoms with Gasteiger partial charge >= 0.3 is 0 Å². The van der Waals surface area contributed by atoms with Crippen LogP contribution in [0.3, 0.4) is 0 Å². The fourth-order valence-electron chi connectivity index (χ4n) is 1.38. The first kappa shape index (κ1) is 13.4. The minimum absolute atomic E-state index is 0.00862. The number of halogens is 1. The Balaban J connectivity index is 2.37. The molecule has 1 heterocycles. The van der Waals surface area contributed by atoms with E-state index < -0.39 is 15.8 Å². The van der Waals surface area contributed by atoms with Crippen molar-refractivity contribution in [1.29, 1.82) is 0 Å². The minimum Gasteiger partial charge on any atom is -0.389 e. The van der Waals surface area contributed by atoms with Crippen LogP contribution in [0.1, 0.15) is 5.56 Å². The quantitative estimate of drug-likeness (QED) is 0.731. The molecule has 0 aliphatic rings. The maximum Gasteiger partial charge on any atom is 0.263 e. The maximum absolute atomic E-state index is 13.0. The number of aromatic amines is 1. The number of sulfonamides is 1. The van der Waals surface area contributed by atoms with Crippen molar-refractivity contribution < 1.29 is 12.8 Å². The lowest BCUT2D eigenvalue weighted by Gasteiger charge is -2.07. The van der Waals surface area contributed by atoms with Gasteiger partial charge in [-0.2, -0.15) is 5.10 Å². The number of benzene rings is 1.